The molecule has 0 aliphatic heterocycles. The fourth-order valence-electron chi connectivity index (χ4n) is 1.75. The molecular formula is C13H18BrF2NO. The van der Waals surface area contributed by atoms with Crippen LogP contribution in [-0.4, -0.2) is 18.8 Å². The van der Waals surface area contributed by atoms with Gasteiger partial charge in [-0.05, 0) is 47.8 Å². The first-order chi connectivity index (χ1) is 8.35. The molecule has 102 valence electrons. The van der Waals surface area contributed by atoms with Gasteiger partial charge in [0.1, 0.15) is 11.6 Å². The first-order valence-corrected chi connectivity index (χ1v) is 6.58. The van der Waals surface area contributed by atoms with E-state index in [-0.39, 0.29) is 16.5 Å². The summed E-state index contributed by atoms with van der Waals surface area (Å²) in [6.07, 6.45) is 0.761. The second-order valence-corrected chi connectivity index (χ2v) is 5.36. The average molecular weight is 322 g/mol. The van der Waals surface area contributed by atoms with Gasteiger partial charge in [0.15, 0.2) is 0 Å². The van der Waals surface area contributed by atoms with Gasteiger partial charge in [0.05, 0.1) is 10.1 Å². The van der Waals surface area contributed by atoms with Crippen LogP contribution in [0.15, 0.2) is 16.6 Å². The molecule has 2 atom stereocenters. The third kappa shape index (κ3) is 3.08. The highest BCUT2D eigenvalue weighted by Gasteiger charge is 2.31. The van der Waals surface area contributed by atoms with Crippen molar-refractivity contribution in [3.8, 4) is 0 Å². The number of benzene rings is 1. The minimum Gasteiger partial charge on any atom is -0.377 e. The van der Waals surface area contributed by atoms with Crippen LogP contribution in [0.25, 0.3) is 0 Å². The fraction of sp³-hybridized carbons (Fsp3) is 0.538. The number of hydrogen-bond acceptors (Lipinski definition) is 2. The van der Waals surface area contributed by atoms with Gasteiger partial charge in [-0.1, -0.05) is 6.92 Å². The van der Waals surface area contributed by atoms with Gasteiger partial charge in [-0.3, -0.25) is 0 Å². The lowest BCUT2D eigenvalue weighted by Gasteiger charge is -2.33. The number of halogens is 3. The smallest absolute Gasteiger partial charge is 0.143 e. The lowest BCUT2D eigenvalue weighted by molar-refractivity contribution is -0.0187. The quantitative estimate of drug-likeness (QED) is 0.843. The van der Waals surface area contributed by atoms with Gasteiger partial charge in [-0.25, -0.2) is 8.78 Å². The first kappa shape index (κ1) is 15.5. The van der Waals surface area contributed by atoms with Crippen molar-refractivity contribution in [2.75, 3.05) is 7.11 Å². The van der Waals surface area contributed by atoms with E-state index in [0.29, 0.717) is 6.42 Å². The molecule has 2 N–H and O–H groups in total. The highest BCUT2D eigenvalue weighted by atomic mass is 79.9. The Kier molecular flexibility index (Phi) is 5.25. The van der Waals surface area contributed by atoms with Crippen molar-refractivity contribution in [2.24, 2.45) is 5.73 Å². The second-order valence-electron chi connectivity index (χ2n) is 4.50. The Bertz CT molecular complexity index is 422. The molecule has 0 bridgehead atoms. The molecule has 0 aliphatic carbocycles. The number of nitrogens with two attached hydrogens (primary N) is 1. The maximum atomic E-state index is 13.8. The van der Waals surface area contributed by atoms with Gasteiger partial charge in [0.25, 0.3) is 0 Å². The summed E-state index contributed by atoms with van der Waals surface area (Å²) in [4.78, 5) is 0. The Labute approximate surface area is 115 Å². The lowest BCUT2D eigenvalue weighted by atomic mass is 9.89. The molecule has 0 radical (unpaired) electrons. The monoisotopic (exact) mass is 321 g/mol. The highest BCUT2D eigenvalue weighted by Crippen LogP contribution is 2.26. The topological polar surface area (TPSA) is 35.2 Å². The summed E-state index contributed by atoms with van der Waals surface area (Å²) in [6.45, 7) is 3.77. The normalized spacial score (nSPS) is 16.4. The molecule has 2 unspecified atom stereocenters. The summed E-state index contributed by atoms with van der Waals surface area (Å²) in [6, 6.07) is 2.09. The Morgan fingerprint density at radius 2 is 2.06 bits per heavy atom. The van der Waals surface area contributed by atoms with E-state index < -0.39 is 23.3 Å². The largest absolute Gasteiger partial charge is 0.377 e. The SMILES string of the molecule is CCC(C)(OC)C(N)Cc1c(F)ccc(Br)c1F. The summed E-state index contributed by atoms with van der Waals surface area (Å²) in [5.74, 6) is -1.18. The van der Waals surface area contributed by atoms with E-state index in [9.17, 15) is 8.78 Å². The van der Waals surface area contributed by atoms with Crippen LogP contribution in [0.1, 0.15) is 25.8 Å². The molecule has 2 nitrogen and oxygen atoms in total. The molecule has 5 heteroatoms. The van der Waals surface area contributed by atoms with Crippen LogP contribution >= 0.6 is 15.9 Å². The van der Waals surface area contributed by atoms with Crippen LogP contribution in [0.5, 0.6) is 0 Å². The molecule has 0 saturated heterocycles. The molecule has 0 heterocycles. The third-order valence-electron chi connectivity index (χ3n) is 3.52. The van der Waals surface area contributed by atoms with Crippen LogP contribution in [0.4, 0.5) is 8.78 Å². The third-order valence-corrected chi connectivity index (χ3v) is 4.13. The molecule has 0 amide bonds. The van der Waals surface area contributed by atoms with E-state index in [1.165, 1.54) is 12.1 Å². The predicted molar refractivity (Wildman–Crippen MR) is 71.4 cm³/mol. The Morgan fingerprint density at radius 1 is 1.44 bits per heavy atom. The van der Waals surface area contributed by atoms with E-state index in [0.717, 1.165) is 0 Å². The average Bonchev–Trinajstić information content (AvgIpc) is 2.37. The molecule has 0 aliphatic rings. The second kappa shape index (κ2) is 6.08. The van der Waals surface area contributed by atoms with Gasteiger partial charge in [0.2, 0.25) is 0 Å². The summed E-state index contributed by atoms with van der Waals surface area (Å²) >= 11 is 3.04. The van der Waals surface area contributed by atoms with Crippen molar-refractivity contribution in [1.82, 2.24) is 0 Å². The van der Waals surface area contributed by atoms with Gasteiger partial charge >= 0.3 is 0 Å². The summed E-state index contributed by atoms with van der Waals surface area (Å²) in [7, 11) is 1.55. The minimum absolute atomic E-state index is 0.00593. The Balaban J connectivity index is 3.01. The van der Waals surface area contributed by atoms with Crippen molar-refractivity contribution in [3.05, 3.63) is 33.8 Å². The van der Waals surface area contributed by atoms with Crippen LogP contribution in [-0.2, 0) is 11.2 Å². The summed E-state index contributed by atoms with van der Waals surface area (Å²) < 4.78 is 33.1. The standard InChI is InChI=1S/C13H18BrF2NO/c1-4-13(2,18-3)11(17)7-8-10(15)6-5-9(14)12(8)16/h5-6,11H,4,7,17H2,1-3H3. The zero-order chi connectivity index (χ0) is 13.9. The number of methoxy groups -OCH3 is 1. The minimum atomic E-state index is -0.597. The fourth-order valence-corrected chi connectivity index (χ4v) is 2.12. The molecule has 0 saturated carbocycles. The Hall–Kier alpha value is -0.520. The number of rotatable bonds is 5. The van der Waals surface area contributed by atoms with Crippen molar-refractivity contribution < 1.29 is 13.5 Å². The number of hydrogen-bond donors (Lipinski definition) is 1. The van der Waals surface area contributed by atoms with Gasteiger partial charge in [-0.2, -0.15) is 0 Å². The zero-order valence-electron chi connectivity index (χ0n) is 10.8. The van der Waals surface area contributed by atoms with Crippen LogP contribution in [0.3, 0.4) is 0 Å². The highest BCUT2D eigenvalue weighted by molar-refractivity contribution is 9.10. The Morgan fingerprint density at radius 3 is 2.56 bits per heavy atom. The molecule has 1 aromatic rings. The van der Waals surface area contributed by atoms with Gasteiger partial charge in [-0.15, -0.1) is 0 Å². The molecule has 0 fully saturated rings. The number of ether oxygens (including phenoxy) is 1. The molecule has 0 spiro atoms. The van der Waals surface area contributed by atoms with Gasteiger partial charge < -0.3 is 10.5 Å². The molecule has 1 rings (SSSR count). The maximum Gasteiger partial charge on any atom is 0.143 e. The van der Waals surface area contributed by atoms with Crippen molar-refractivity contribution in [3.63, 3.8) is 0 Å². The van der Waals surface area contributed by atoms with Gasteiger partial charge in [0, 0.05) is 18.7 Å². The molecule has 18 heavy (non-hydrogen) atoms. The molecular weight excluding hydrogens is 304 g/mol. The maximum absolute atomic E-state index is 13.8. The van der Waals surface area contributed by atoms with Crippen LogP contribution in [0.2, 0.25) is 0 Å². The van der Waals surface area contributed by atoms with E-state index in [1.54, 1.807) is 7.11 Å². The van der Waals surface area contributed by atoms with Crippen molar-refractivity contribution in [1.29, 1.82) is 0 Å². The van der Waals surface area contributed by atoms with E-state index in [1.807, 2.05) is 13.8 Å². The van der Waals surface area contributed by atoms with E-state index >= 15 is 0 Å². The lowest BCUT2D eigenvalue weighted by Crippen LogP contribution is -2.48. The molecule has 1 aromatic carbocycles. The van der Waals surface area contributed by atoms with E-state index in [4.69, 9.17) is 10.5 Å². The van der Waals surface area contributed by atoms with Crippen molar-refractivity contribution >= 4 is 15.9 Å². The van der Waals surface area contributed by atoms with Crippen LogP contribution < -0.4 is 5.73 Å². The molecule has 0 aromatic heterocycles. The van der Waals surface area contributed by atoms with Crippen molar-refractivity contribution in [2.45, 2.75) is 38.3 Å². The first-order valence-electron chi connectivity index (χ1n) is 5.78. The zero-order valence-corrected chi connectivity index (χ0v) is 12.4. The summed E-state index contributed by atoms with van der Waals surface area (Å²) in [5.41, 5.74) is 5.42. The van der Waals surface area contributed by atoms with E-state index in [2.05, 4.69) is 15.9 Å². The summed E-state index contributed by atoms with van der Waals surface area (Å²) in [5, 5.41) is 0. The van der Waals surface area contributed by atoms with Crippen LogP contribution in [0, 0.1) is 11.6 Å². The predicted octanol–water partition coefficient (Wildman–Crippen LogP) is 3.41.